The second kappa shape index (κ2) is 4.48. The van der Waals surface area contributed by atoms with E-state index in [1.54, 1.807) is 22.2 Å². The largest absolute Gasteiger partial charge is 0.396 e. The molecule has 3 rings (SSSR count). The molecule has 0 aliphatic rings. The van der Waals surface area contributed by atoms with Crippen LogP contribution in [-0.2, 0) is 0 Å². The number of aromatic nitrogens is 2. The van der Waals surface area contributed by atoms with E-state index in [-0.39, 0.29) is 0 Å². The fourth-order valence-corrected chi connectivity index (χ4v) is 2.59. The molecule has 3 nitrogen and oxygen atoms in total. The summed E-state index contributed by atoms with van der Waals surface area (Å²) in [7, 11) is 0. The second-order valence-electron chi connectivity index (χ2n) is 3.87. The number of rotatable bonds is 2. The van der Waals surface area contributed by atoms with Crippen LogP contribution in [0, 0.1) is 0 Å². The lowest BCUT2D eigenvalue weighted by Gasteiger charge is -2.00. The van der Waals surface area contributed by atoms with Crippen molar-refractivity contribution in [3.63, 3.8) is 0 Å². The van der Waals surface area contributed by atoms with Gasteiger partial charge in [0.1, 0.15) is 5.69 Å². The summed E-state index contributed by atoms with van der Waals surface area (Å²) in [5, 5.41) is 9.22. The number of thiophene rings is 1. The van der Waals surface area contributed by atoms with Crippen LogP contribution in [0.1, 0.15) is 0 Å². The van der Waals surface area contributed by atoms with Gasteiger partial charge in [-0.25, -0.2) is 4.68 Å². The predicted octanol–water partition coefficient (Wildman–Crippen LogP) is 3.84. The summed E-state index contributed by atoms with van der Waals surface area (Å²) >= 11 is 7.59. The normalized spacial score (nSPS) is 10.7. The molecule has 18 heavy (non-hydrogen) atoms. The fourth-order valence-electron chi connectivity index (χ4n) is 1.76. The van der Waals surface area contributed by atoms with E-state index in [0.29, 0.717) is 10.7 Å². The quantitative estimate of drug-likeness (QED) is 0.772. The first-order valence-corrected chi connectivity index (χ1v) is 6.70. The molecule has 0 aliphatic carbocycles. The highest BCUT2D eigenvalue weighted by atomic mass is 35.5. The molecule has 3 aromatic rings. The van der Waals surface area contributed by atoms with Crippen LogP contribution in [0.5, 0.6) is 0 Å². The summed E-state index contributed by atoms with van der Waals surface area (Å²) in [4.78, 5) is 0. The summed E-state index contributed by atoms with van der Waals surface area (Å²) in [6.45, 7) is 0. The Hall–Kier alpha value is -1.78. The van der Waals surface area contributed by atoms with Crippen LogP contribution in [0.4, 0.5) is 5.69 Å². The number of anilines is 1. The molecule has 2 aromatic heterocycles. The van der Waals surface area contributed by atoms with Crippen molar-refractivity contribution in [1.82, 2.24) is 9.78 Å². The van der Waals surface area contributed by atoms with E-state index in [0.717, 1.165) is 16.9 Å². The van der Waals surface area contributed by atoms with E-state index in [1.807, 2.05) is 41.1 Å². The number of nitrogen functional groups attached to an aromatic ring is 1. The van der Waals surface area contributed by atoms with Crippen LogP contribution in [0.2, 0.25) is 5.02 Å². The third-order valence-electron chi connectivity index (χ3n) is 2.61. The van der Waals surface area contributed by atoms with Gasteiger partial charge in [-0.05, 0) is 29.6 Å². The van der Waals surface area contributed by atoms with E-state index >= 15 is 0 Å². The van der Waals surface area contributed by atoms with Gasteiger partial charge in [0.15, 0.2) is 0 Å². The SMILES string of the molecule is Nc1cn(-c2cccc(Cl)c2)nc1-c1ccsc1. The van der Waals surface area contributed by atoms with Gasteiger partial charge in [0, 0.05) is 16.0 Å². The lowest BCUT2D eigenvalue weighted by Crippen LogP contribution is -1.94. The Bertz CT molecular complexity index is 673. The molecule has 0 unspecified atom stereocenters. The van der Waals surface area contributed by atoms with Crippen molar-refractivity contribution < 1.29 is 0 Å². The number of halogens is 1. The zero-order valence-electron chi connectivity index (χ0n) is 9.38. The molecule has 0 spiro atoms. The van der Waals surface area contributed by atoms with Gasteiger partial charge in [-0.15, -0.1) is 0 Å². The van der Waals surface area contributed by atoms with Crippen molar-refractivity contribution in [2.75, 3.05) is 5.73 Å². The minimum absolute atomic E-state index is 0.661. The molecule has 0 saturated carbocycles. The zero-order chi connectivity index (χ0) is 12.5. The minimum Gasteiger partial charge on any atom is -0.396 e. The Morgan fingerprint density at radius 1 is 1.28 bits per heavy atom. The number of benzene rings is 1. The Kier molecular flexibility index (Phi) is 2.81. The van der Waals surface area contributed by atoms with E-state index in [2.05, 4.69) is 5.10 Å². The molecular formula is C13H10ClN3S. The van der Waals surface area contributed by atoms with Crippen molar-refractivity contribution in [2.45, 2.75) is 0 Å². The van der Waals surface area contributed by atoms with Gasteiger partial charge in [-0.2, -0.15) is 16.4 Å². The third kappa shape index (κ3) is 2.00. The van der Waals surface area contributed by atoms with Crippen LogP contribution in [0.25, 0.3) is 16.9 Å². The smallest absolute Gasteiger partial charge is 0.116 e. The molecule has 0 radical (unpaired) electrons. The van der Waals surface area contributed by atoms with E-state index in [4.69, 9.17) is 17.3 Å². The molecule has 90 valence electrons. The van der Waals surface area contributed by atoms with Crippen LogP contribution in [0.15, 0.2) is 47.3 Å². The number of nitrogens with zero attached hydrogens (tertiary/aromatic N) is 2. The molecule has 0 bridgehead atoms. The van der Waals surface area contributed by atoms with Crippen LogP contribution in [0.3, 0.4) is 0 Å². The molecule has 0 amide bonds. The summed E-state index contributed by atoms with van der Waals surface area (Å²) in [6.07, 6.45) is 1.80. The van der Waals surface area contributed by atoms with Crippen LogP contribution >= 0.6 is 22.9 Å². The molecule has 0 atom stereocenters. The maximum atomic E-state index is 6.00. The lowest BCUT2D eigenvalue weighted by molar-refractivity contribution is 0.885. The zero-order valence-corrected chi connectivity index (χ0v) is 10.9. The van der Waals surface area contributed by atoms with Crippen LogP contribution in [-0.4, -0.2) is 9.78 Å². The number of hydrogen-bond acceptors (Lipinski definition) is 3. The first-order chi connectivity index (χ1) is 8.74. The van der Waals surface area contributed by atoms with Crippen molar-refractivity contribution >= 4 is 28.6 Å². The van der Waals surface area contributed by atoms with Gasteiger partial charge >= 0.3 is 0 Å². The molecule has 0 aliphatic heterocycles. The average molecular weight is 276 g/mol. The highest BCUT2D eigenvalue weighted by Crippen LogP contribution is 2.27. The van der Waals surface area contributed by atoms with Crippen molar-refractivity contribution in [2.24, 2.45) is 0 Å². The van der Waals surface area contributed by atoms with E-state index in [9.17, 15) is 0 Å². The Labute approximate surface area is 113 Å². The van der Waals surface area contributed by atoms with Gasteiger partial charge in [-0.1, -0.05) is 17.7 Å². The molecule has 0 saturated heterocycles. The highest BCUT2D eigenvalue weighted by molar-refractivity contribution is 7.08. The number of hydrogen-bond donors (Lipinski definition) is 1. The minimum atomic E-state index is 0.661. The summed E-state index contributed by atoms with van der Waals surface area (Å²) < 4.78 is 1.74. The summed E-state index contributed by atoms with van der Waals surface area (Å²) in [5.74, 6) is 0. The molecule has 0 fully saturated rings. The topological polar surface area (TPSA) is 43.8 Å². The van der Waals surface area contributed by atoms with Gasteiger partial charge < -0.3 is 5.73 Å². The molecular weight excluding hydrogens is 266 g/mol. The molecule has 2 heterocycles. The molecule has 2 N–H and O–H groups in total. The Morgan fingerprint density at radius 3 is 2.89 bits per heavy atom. The van der Waals surface area contributed by atoms with Gasteiger partial charge in [0.05, 0.1) is 17.6 Å². The maximum Gasteiger partial charge on any atom is 0.116 e. The predicted molar refractivity (Wildman–Crippen MR) is 76.3 cm³/mol. The summed E-state index contributed by atoms with van der Waals surface area (Å²) in [6, 6.07) is 9.52. The van der Waals surface area contributed by atoms with Gasteiger partial charge in [-0.3, -0.25) is 0 Å². The van der Waals surface area contributed by atoms with Crippen molar-refractivity contribution in [3.05, 3.63) is 52.3 Å². The van der Waals surface area contributed by atoms with E-state index < -0.39 is 0 Å². The van der Waals surface area contributed by atoms with Crippen molar-refractivity contribution in [3.8, 4) is 16.9 Å². The first-order valence-electron chi connectivity index (χ1n) is 5.38. The Balaban J connectivity index is 2.08. The fraction of sp³-hybridized carbons (Fsp3) is 0. The first kappa shape index (κ1) is 11.3. The second-order valence-corrected chi connectivity index (χ2v) is 5.09. The molecule has 5 heteroatoms. The van der Waals surface area contributed by atoms with E-state index in [1.165, 1.54) is 0 Å². The average Bonchev–Trinajstić information content (AvgIpc) is 2.97. The van der Waals surface area contributed by atoms with Crippen LogP contribution < -0.4 is 5.73 Å². The van der Waals surface area contributed by atoms with Gasteiger partial charge in [0.2, 0.25) is 0 Å². The Morgan fingerprint density at radius 2 is 2.17 bits per heavy atom. The standard InChI is InChI=1S/C13H10ClN3S/c14-10-2-1-3-11(6-10)17-7-12(15)13(16-17)9-4-5-18-8-9/h1-8H,15H2. The van der Waals surface area contributed by atoms with Crippen molar-refractivity contribution in [1.29, 1.82) is 0 Å². The number of nitrogens with two attached hydrogens (primary N) is 1. The monoisotopic (exact) mass is 275 g/mol. The maximum absolute atomic E-state index is 6.00. The summed E-state index contributed by atoms with van der Waals surface area (Å²) in [5.41, 5.74) is 9.40. The lowest BCUT2D eigenvalue weighted by atomic mass is 10.2. The van der Waals surface area contributed by atoms with Gasteiger partial charge in [0.25, 0.3) is 0 Å². The third-order valence-corrected chi connectivity index (χ3v) is 3.53. The highest BCUT2D eigenvalue weighted by Gasteiger charge is 2.09. The molecule has 1 aromatic carbocycles.